The number of rotatable bonds is 4. The van der Waals surface area contributed by atoms with Gasteiger partial charge in [-0.25, -0.2) is 4.79 Å². The number of carbonyl (C=O) groups is 3. The molecule has 1 heterocycles. The number of nitrogens with one attached hydrogen (secondary N) is 2. The van der Waals surface area contributed by atoms with E-state index in [1.54, 1.807) is 48.5 Å². The molecule has 0 aliphatic carbocycles. The Bertz CT molecular complexity index is 887. The highest BCUT2D eigenvalue weighted by Gasteiger charge is 2.32. The van der Waals surface area contributed by atoms with Crippen molar-refractivity contribution in [2.24, 2.45) is 5.92 Å². The van der Waals surface area contributed by atoms with Crippen molar-refractivity contribution in [2.45, 2.75) is 12.5 Å². The maximum atomic E-state index is 12.7. The molecule has 0 unspecified atom stereocenters. The second-order valence-electron chi connectivity index (χ2n) is 6.26. The first-order chi connectivity index (χ1) is 13.5. The molecule has 7 nitrogen and oxygen atoms in total. The van der Waals surface area contributed by atoms with Crippen LogP contribution in [0, 0.1) is 5.92 Å². The number of benzene rings is 2. The molecule has 146 valence electrons. The van der Waals surface area contributed by atoms with Gasteiger partial charge in [0.2, 0.25) is 6.10 Å². The van der Waals surface area contributed by atoms with Gasteiger partial charge in [-0.1, -0.05) is 41.9 Å². The van der Waals surface area contributed by atoms with E-state index in [0.717, 1.165) is 5.56 Å². The second-order valence-corrected chi connectivity index (χ2v) is 6.70. The molecule has 8 heteroatoms. The summed E-state index contributed by atoms with van der Waals surface area (Å²) < 4.78 is 11.1. The lowest BCUT2D eigenvalue weighted by Gasteiger charge is -2.26. The average Bonchev–Trinajstić information content (AvgIpc) is 2.71. The minimum Gasteiger partial charge on any atom is -0.492 e. The molecular weight excluding hydrogens is 384 g/mol. The molecule has 0 bridgehead atoms. The van der Waals surface area contributed by atoms with Gasteiger partial charge in [-0.2, -0.15) is 0 Å². The van der Waals surface area contributed by atoms with Crippen molar-refractivity contribution in [1.29, 1.82) is 0 Å². The van der Waals surface area contributed by atoms with Crippen LogP contribution in [0.4, 0.5) is 4.79 Å². The summed E-state index contributed by atoms with van der Waals surface area (Å²) in [5.74, 6) is -1.25. The Kier molecular flexibility index (Phi) is 6.16. The molecule has 28 heavy (non-hydrogen) atoms. The van der Waals surface area contributed by atoms with Gasteiger partial charge < -0.3 is 14.8 Å². The molecular formula is C20H19ClN2O5. The molecule has 2 aromatic carbocycles. The Balaban J connectivity index is 1.76. The van der Waals surface area contributed by atoms with E-state index in [1.165, 1.54) is 7.05 Å². The smallest absolute Gasteiger partial charge is 0.321 e. The topological polar surface area (TPSA) is 93.7 Å². The summed E-state index contributed by atoms with van der Waals surface area (Å²) in [6, 6.07) is 13.0. The first-order valence-corrected chi connectivity index (χ1v) is 9.05. The van der Waals surface area contributed by atoms with E-state index < -0.39 is 29.9 Å². The molecule has 0 saturated carbocycles. The van der Waals surface area contributed by atoms with Gasteiger partial charge in [0.05, 0.1) is 5.92 Å². The molecule has 1 aliphatic heterocycles. The van der Waals surface area contributed by atoms with Crippen LogP contribution in [0.3, 0.4) is 0 Å². The number of carbonyl (C=O) groups excluding carboxylic acids is 3. The number of fused-ring (bicyclic) bond motifs is 1. The maximum Gasteiger partial charge on any atom is 0.321 e. The quantitative estimate of drug-likeness (QED) is 0.767. The third-order valence-corrected chi connectivity index (χ3v) is 4.54. The lowest BCUT2D eigenvalue weighted by molar-refractivity contribution is -0.161. The minimum absolute atomic E-state index is 0.131. The van der Waals surface area contributed by atoms with Gasteiger partial charge in [0, 0.05) is 17.6 Å². The van der Waals surface area contributed by atoms with E-state index in [2.05, 4.69) is 10.6 Å². The van der Waals surface area contributed by atoms with E-state index in [9.17, 15) is 14.4 Å². The summed E-state index contributed by atoms with van der Waals surface area (Å²) in [5, 5.41) is 4.98. The zero-order chi connectivity index (χ0) is 20.1. The van der Waals surface area contributed by atoms with Gasteiger partial charge in [-0.15, -0.1) is 0 Å². The number of imide groups is 1. The van der Waals surface area contributed by atoms with Crippen molar-refractivity contribution in [3.05, 3.63) is 64.7 Å². The van der Waals surface area contributed by atoms with Gasteiger partial charge in [-0.3, -0.25) is 14.9 Å². The maximum absolute atomic E-state index is 12.7. The molecule has 2 aromatic rings. The van der Waals surface area contributed by atoms with Crippen LogP contribution in [0.15, 0.2) is 48.5 Å². The van der Waals surface area contributed by atoms with Crippen LogP contribution in [0.25, 0.3) is 0 Å². The lowest BCUT2D eigenvalue weighted by Crippen LogP contribution is -2.42. The molecule has 2 atom stereocenters. The van der Waals surface area contributed by atoms with Crippen LogP contribution in [0.1, 0.15) is 17.2 Å². The monoisotopic (exact) mass is 402 g/mol. The summed E-state index contributed by atoms with van der Waals surface area (Å²) >= 11 is 6.01. The molecule has 0 radical (unpaired) electrons. The molecule has 3 rings (SSSR count). The summed E-state index contributed by atoms with van der Waals surface area (Å²) in [6.45, 7) is 0.131. The fraction of sp³-hybridized carbons (Fsp3) is 0.250. The predicted octanol–water partition coefficient (Wildman–Crippen LogP) is 2.63. The largest absolute Gasteiger partial charge is 0.492 e. The van der Waals surface area contributed by atoms with Crippen LogP contribution >= 0.6 is 11.6 Å². The number of urea groups is 1. The van der Waals surface area contributed by atoms with Crippen molar-refractivity contribution >= 4 is 29.5 Å². The second kappa shape index (κ2) is 8.75. The van der Waals surface area contributed by atoms with Crippen molar-refractivity contribution in [2.75, 3.05) is 13.7 Å². The SMILES string of the molecule is CNC(=O)NC(=O)[C@@H](OC(=O)[C@H]1COc2ccc(Cl)cc2C1)c1ccccc1. The van der Waals surface area contributed by atoms with Crippen LogP contribution in [0.2, 0.25) is 5.02 Å². The van der Waals surface area contributed by atoms with E-state index >= 15 is 0 Å². The predicted molar refractivity (Wildman–Crippen MR) is 102 cm³/mol. The summed E-state index contributed by atoms with van der Waals surface area (Å²) in [7, 11) is 1.38. The molecule has 0 aromatic heterocycles. The summed E-state index contributed by atoms with van der Waals surface area (Å²) in [4.78, 5) is 36.7. The number of hydrogen-bond acceptors (Lipinski definition) is 5. The van der Waals surface area contributed by atoms with Crippen molar-refractivity contribution in [3.63, 3.8) is 0 Å². The fourth-order valence-electron chi connectivity index (χ4n) is 2.87. The number of ether oxygens (including phenoxy) is 2. The zero-order valence-electron chi connectivity index (χ0n) is 15.1. The lowest BCUT2D eigenvalue weighted by atomic mass is 9.96. The van der Waals surface area contributed by atoms with Crippen molar-refractivity contribution < 1.29 is 23.9 Å². The van der Waals surface area contributed by atoms with Gasteiger partial charge in [-0.05, 0) is 30.2 Å². The number of amides is 3. The highest BCUT2D eigenvalue weighted by Crippen LogP contribution is 2.31. The van der Waals surface area contributed by atoms with Crippen LogP contribution in [-0.2, 0) is 20.7 Å². The number of esters is 1. The molecule has 2 N–H and O–H groups in total. The highest BCUT2D eigenvalue weighted by molar-refractivity contribution is 6.30. The molecule has 1 aliphatic rings. The third-order valence-electron chi connectivity index (χ3n) is 4.30. The minimum atomic E-state index is -1.26. The van der Waals surface area contributed by atoms with Gasteiger partial charge >= 0.3 is 12.0 Å². The fourth-order valence-corrected chi connectivity index (χ4v) is 3.06. The van der Waals surface area contributed by atoms with Crippen LogP contribution < -0.4 is 15.4 Å². The summed E-state index contributed by atoms with van der Waals surface area (Å²) in [6.07, 6.45) is -0.875. The van der Waals surface area contributed by atoms with E-state index in [1.807, 2.05) is 0 Å². The standard InChI is InChI=1S/C20H19ClN2O5/c1-22-20(26)23-18(24)17(12-5-3-2-4-6-12)28-19(25)14-9-13-10-15(21)7-8-16(13)27-11-14/h2-8,10,14,17H,9,11H2,1H3,(H2,22,23,24,26)/t14-,17+/m1/s1. The molecule has 3 amide bonds. The van der Waals surface area contributed by atoms with E-state index in [0.29, 0.717) is 22.8 Å². The summed E-state index contributed by atoms with van der Waals surface area (Å²) in [5.41, 5.74) is 1.25. The van der Waals surface area contributed by atoms with Gasteiger partial charge in [0.1, 0.15) is 12.4 Å². The van der Waals surface area contributed by atoms with E-state index in [4.69, 9.17) is 21.1 Å². The Morgan fingerprint density at radius 3 is 2.64 bits per heavy atom. The normalized spacial score (nSPS) is 16.1. The van der Waals surface area contributed by atoms with Crippen LogP contribution in [-0.4, -0.2) is 31.6 Å². The third kappa shape index (κ3) is 4.61. The van der Waals surface area contributed by atoms with E-state index in [-0.39, 0.29) is 6.61 Å². The Morgan fingerprint density at radius 1 is 1.18 bits per heavy atom. The zero-order valence-corrected chi connectivity index (χ0v) is 15.9. The molecule has 0 saturated heterocycles. The molecule has 0 spiro atoms. The first-order valence-electron chi connectivity index (χ1n) is 8.67. The average molecular weight is 403 g/mol. The van der Waals surface area contributed by atoms with Crippen LogP contribution in [0.5, 0.6) is 5.75 Å². The number of halogens is 1. The number of hydrogen-bond donors (Lipinski definition) is 2. The Labute approximate surface area is 167 Å². The van der Waals surface area contributed by atoms with Gasteiger partial charge in [0.25, 0.3) is 5.91 Å². The van der Waals surface area contributed by atoms with Gasteiger partial charge in [0.15, 0.2) is 0 Å². The van der Waals surface area contributed by atoms with Crippen molar-refractivity contribution in [3.8, 4) is 5.75 Å². The Hall–Kier alpha value is -3.06. The first kappa shape index (κ1) is 19.7. The Morgan fingerprint density at radius 2 is 1.93 bits per heavy atom. The highest BCUT2D eigenvalue weighted by atomic mass is 35.5. The van der Waals surface area contributed by atoms with Crippen molar-refractivity contribution in [1.82, 2.24) is 10.6 Å². The molecule has 0 fully saturated rings.